The minimum atomic E-state index is -0.681. The summed E-state index contributed by atoms with van der Waals surface area (Å²) in [5.41, 5.74) is 10.6. The third-order valence-corrected chi connectivity index (χ3v) is 3.71. The number of primary amides is 1. The molecule has 3 nitrogen and oxygen atoms in total. The van der Waals surface area contributed by atoms with Gasteiger partial charge in [0.05, 0.1) is 0 Å². The summed E-state index contributed by atoms with van der Waals surface area (Å²) in [5.74, 6) is -0.497. The first-order valence-electron chi connectivity index (χ1n) is 3.33. The maximum Gasteiger partial charge on any atom is 0.239 e. The number of thiophene rings is 1. The second kappa shape index (κ2) is 3.55. The molecule has 1 heterocycles. The molecule has 0 aromatic carbocycles. The Hall–Kier alpha value is -0.390. The third-order valence-electron chi connectivity index (χ3n) is 1.49. The summed E-state index contributed by atoms with van der Waals surface area (Å²) in [4.78, 5) is 12.6. The van der Waals surface area contributed by atoms with Crippen molar-refractivity contribution in [3.05, 3.63) is 20.3 Å². The van der Waals surface area contributed by atoms with E-state index < -0.39 is 11.9 Å². The van der Waals surface area contributed by atoms with Crippen molar-refractivity contribution in [1.82, 2.24) is 0 Å². The van der Waals surface area contributed by atoms with Gasteiger partial charge in [-0.25, -0.2) is 0 Å². The van der Waals surface area contributed by atoms with Crippen LogP contribution in [0.1, 0.15) is 15.8 Å². The SMILES string of the molecule is Cc1sc(C(N)C(N)=O)cc1Br. The summed E-state index contributed by atoms with van der Waals surface area (Å²) >= 11 is 4.81. The Bertz CT molecular complexity index is 291. The van der Waals surface area contributed by atoms with Crippen LogP contribution < -0.4 is 11.5 Å². The monoisotopic (exact) mass is 248 g/mol. The molecule has 0 aliphatic heterocycles. The molecule has 1 unspecified atom stereocenters. The Kier molecular flexibility index (Phi) is 2.87. The highest BCUT2D eigenvalue weighted by Crippen LogP contribution is 2.29. The molecule has 1 aromatic rings. The van der Waals surface area contributed by atoms with Gasteiger partial charge in [0.2, 0.25) is 5.91 Å². The highest BCUT2D eigenvalue weighted by atomic mass is 79.9. The van der Waals surface area contributed by atoms with E-state index in [2.05, 4.69) is 15.9 Å². The highest BCUT2D eigenvalue weighted by molar-refractivity contribution is 9.10. The summed E-state index contributed by atoms with van der Waals surface area (Å²) in [6.45, 7) is 1.95. The lowest BCUT2D eigenvalue weighted by Crippen LogP contribution is -2.27. The molecule has 0 fully saturated rings. The topological polar surface area (TPSA) is 69.1 Å². The zero-order chi connectivity index (χ0) is 9.30. The molecule has 4 N–H and O–H groups in total. The lowest BCUT2D eigenvalue weighted by atomic mass is 10.2. The predicted molar refractivity (Wildman–Crippen MR) is 52.9 cm³/mol. The highest BCUT2D eigenvalue weighted by Gasteiger charge is 2.15. The van der Waals surface area contributed by atoms with Gasteiger partial charge in [-0.2, -0.15) is 0 Å². The minimum Gasteiger partial charge on any atom is -0.368 e. The van der Waals surface area contributed by atoms with Crippen LogP contribution >= 0.6 is 27.3 Å². The van der Waals surface area contributed by atoms with Crippen molar-refractivity contribution < 1.29 is 4.79 Å². The number of hydrogen-bond acceptors (Lipinski definition) is 3. The van der Waals surface area contributed by atoms with Crippen molar-refractivity contribution in [1.29, 1.82) is 0 Å². The Balaban J connectivity index is 2.96. The fourth-order valence-electron chi connectivity index (χ4n) is 0.775. The molecular formula is C7H9BrN2OS. The first kappa shape index (κ1) is 9.70. The lowest BCUT2D eigenvalue weighted by molar-refractivity contribution is -0.119. The molecule has 0 saturated heterocycles. The van der Waals surface area contributed by atoms with E-state index in [-0.39, 0.29) is 0 Å². The Labute approximate surface area is 82.9 Å². The normalized spacial score (nSPS) is 12.9. The first-order valence-corrected chi connectivity index (χ1v) is 4.94. The molecule has 1 rings (SSSR count). The second-order valence-electron chi connectivity index (χ2n) is 2.43. The fraction of sp³-hybridized carbons (Fsp3) is 0.286. The maximum absolute atomic E-state index is 10.7. The first-order chi connectivity index (χ1) is 5.52. The lowest BCUT2D eigenvalue weighted by Gasteiger charge is -2.01. The van der Waals surface area contributed by atoms with Gasteiger partial charge in [0.25, 0.3) is 0 Å². The molecule has 1 atom stereocenters. The van der Waals surface area contributed by atoms with Crippen LogP contribution in [0.2, 0.25) is 0 Å². The van der Waals surface area contributed by atoms with Crippen molar-refractivity contribution in [2.45, 2.75) is 13.0 Å². The van der Waals surface area contributed by atoms with Gasteiger partial charge in [0.1, 0.15) is 6.04 Å². The van der Waals surface area contributed by atoms with Crippen LogP contribution in [0.3, 0.4) is 0 Å². The van der Waals surface area contributed by atoms with E-state index in [0.717, 1.165) is 14.2 Å². The third kappa shape index (κ3) is 1.85. The van der Waals surface area contributed by atoms with Crippen LogP contribution in [0.4, 0.5) is 0 Å². The molecule has 0 aliphatic carbocycles. The average molecular weight is 249 g/mol. The molecular weight excluding hydrogens is 240 g/mol. The molecule has 66 valence electrons. The van der Waals surface area contributed by atoms with E-state index in [0.29, 0.717) is 0 Å². The zero-order valence-corrected chi connectivity index (χ0v) is 8.91. The van der Waals surface area contributed by atoms with Crippen molar-refractivity contribution >= 4 is 33.2 Å². The Morgan fingerprint density at radius 3 is 2.67 bits per heavy atom. The van der Waals surface area contributed by atoms with Crippen molar-refractivity contribution in [3.63, 3.8) is 0 Å². The van der Waals surface area contributed by atoms with Gasteiger partial charge in [-0.15, -0.1) is 11.3 Å². The molecule has 0 spiro atoms. The van der Waals surface area contributed by atoms with Gasteiger partial charge in [0.15, 0.2) is 0 Å². The van der Waals surface area contributed by atoms with Crippen molar-refractivity contribution in [3.8, 4) is 0 Å². The molecule has 0 saturated carbocycles. The van der Waals surface area contributed by atoms with Gasteiger partial charge in [-0.1, -0.05) is 0 Å². The largest absolute Gasteiger partial charge is 0.368 e. The van der Waals surface area contributed by atoms with E-state index >= 15 is 0 Å². The molecule has 5 heteroatoms. The summed E-state index contributed by atoms with van der Waals surface area (Å²) in [6.07, 6.45) is 0. The van der Waals surface area contributed by atoms with Crippen LogP contribution in [0.15, 0.2) is 10.5 Å². The van der Waals surface area contributed by atoms with Gasteiger partial charge in [-0.05, 0) is 28.9 Å². The minimum absolute atomic E-state index is 0.497. The standard InChI is InChI=1S/C7H9BrN2OS/c1-3-4(8)2-5(12-3)6(9)7(10)11/h2,6H,9H2,1H3,(H2,10,11). The van der Waals surface area contributed by atoms with Crippen molar-refractivity contribution in [2.75, 3.05) is 0 Å². The van der Waals surface area contributed by atoms with Gasteiger partial charge in [0, 0.05) is 14.2 Å². The van der Waals surface area contributed by atoms with Gasteiger partial charge >= 0.3 is 0 Å². The summed E-state index contributed by atoms with van der Waals surface area (Å²) < 4.78 is 0.971. The number of carbonyl (C=O) groups excluding carboxylic acids is 1. The quantitative estimate of drug-likeness (QED) is 0.829. The van der Waals surface area contributed by atoms with Crippen LogP contribution in [0, 0.1) is 6.92 Å². The number of halogens is 1. The van der Waals surface area contributed by atoms with Crippen LogP contribution in [-0.4, -0.2) is 5.91 Å². The van der Waals surface area contributed by atoms with Gasteiger partial charge < -0.3 is 11.5 Å². The molecule has 1 amide bonds. The molecule has 0 aliphatic rings. The number of hydrogen-bond donors (Lipinski definition) is 2. The van der Waals surface area contributed by atoms with E-state index in [4.69, 9.17) is 11.5 Å². The molecule has 12 heavy (non-hydrogen) atoms. The summed E-state index contributed by atoms with van der Waals surface area (Å²) in [6, 6.07) is 1.15. The zero-order valence-electron chi connectivity index (χ0n) is 6.50. The van der Waals surface area contributed by atoms with Gasteiger partial charge in [-0.3, -0.25) is 4.79 Å². The second-order valence-corrected chi connectivity index (χ2v) is 4.58. The van der Waals surface area contributed by atoms with E-state index in [1.54, 1.807) is 0 Å². The summed E-state index contributed by atoms with van der Waals surface area (Å²) in [7, 11) is 0. The molecule has 0 radical (unpaired) electrons. The summed E-state index contributed by atoms with van der Waals surface area (Å²) in [5, 5.41) is 0. The maximum atomic E-state index is 10.7. The number of rotatable bonds is 2. The van der Waals surface area contributed by atoms with E-state index in [1.165, 1.54) is 11.3 Å². The number of carbonyl (C=O) groups is 1. The molecule has 0 bridgehead atoms. The van der Waals surface area contributed by atoms with Crippen LogP contribution in [-0.2, 0) is 4.79 Å². The number of amides is 1. The van der Waals surface area contributed by atoms with Crippen LogP contribution in [0.25, 0.3) is 0 Å². The van der Waals surface area contributed by atoms with E-state index in [9.17, 15) is 4.79 Å². The van der Waals surface area contributed by atoms with E-state index in [1.807, 2.05) is 13.0 Å². The van der Waals surface area contributed by atoms with Crippen LogP contribution in [0.5, 0.6) is 0 Å². The number of aryl methyl sites for hydroxylation is 1. The fourth-order valence-corrected chi connectivity index (χ4v) is 2.35. The smallest absolute Gasteiger partial charge is 0.239 e. The Morgan fingerprint density at radius 2 is 2.33 bits per heavy atom. The molecule has 1 aromatic heterocycles. The number of nitrogens with two attached hydrogens (primary N) is 2. The Morgan fingerprint density at radius 1 is 1.75 bits per heavy atom. The predicted octanol–water partition coefficient (Wildman–Crippen LogP) is 1.30. The average Bonchev–Trinajstić information content (AvgIpc) is 2.30. The van der Waals surface area contributed by atoms with Crippen molar-refractivity contribution in [2.24, 2.45) is 11.5 Å².